The first-order valence-corrected chi connectivity index (χ1v) is 6.75. The fraction of sp³-hybridized carbons (Fsp3) is 0.214. The third-order valence-electron chi connectivity index (χ3n) is 3.13. The Morgan fingerprint density at radius 3 is 2.48 bits per heavy atom. The molecular weight excluding hydrogens is 354 g/mol. The lowest BCUT2D eigenvalue weighted by molar-refractivity contribution is -0.140. The molecule has 0 N–H and O–H groups in total. The summed E-state index contributed by atoms with van der Waals surface area (Å²) in [5.41, 5.74) is -1.97. The number of hydrogen-bond acceptors (Lipinski definition) is 1. The molecule has 7 heteroatoms. The van der Waals surface area contributed by atoms with Crippen molar-refractivity contribution >= 4 is 15.9 Å². The fourth-order valence-corrected chi connectivity index (χ4v) is 2.39. The summed E-state index contributed by atoms with van der Waals surface area (Å²) in [6, 6.07) is 5.23. The van der Waals surface area contributed by atoms with Crippen molar-refractivity contribution < 1.29 is 17.6 Å². The minimum absolute atomic E-state index is 0.190. The molecule has 0 radical (unpaired) electrons. The molecule has 0 aliphatic heterocycles. The first-order valence-electron chi connectivity index (χ1n) is 5.95. The van der Waals surface area contributed by atoms with Crippen LogP contribution in [-0.2, 0) is 6.18 Å². The summed E-state index contributed by atoms with van der Waals surface area (Å²) >= 11 is 3.04. The zero-order chi connectivity index (χ0) is 15.8. The Bertz CT molecular complexity index is 724. The van der Waals surface area contributed by atoms with Gasteiger partial charge in [-0.25, -0.2) is 4.39 Å². The van der Waals surface area contributed by atoms with Crippen LogP contribution in [-0.4, -0.2) is 4.57 Å². The molecule has 21 heavy (non-hydrogen) atoms. The van der Waals surface area contributed by atoms with Crippen molar-refractivity contribution in [2.75, 3.05) is 0 Å². The minimum Gasteiger partial charge on any atom is -0.307 e. The predicted octanol–water partition coefficient (Wildman–Crippen LogP) is 4.38. The number of alkyl halides is 3. The average Bonchev–Trinajstić information content (AvgIpc) is 2.40. The zero-order valence-corrected chi connectivity index (χ0v) is 12.4. The monoisotopic (exact) mass is 363 g/mol. The summed E-state index contributed by atoms with van der Waals surface area (Å²) in [5.74, 6) is -1.36. The quantitative estimate of drug-likeness (QED) is 0.725. The molecule has 2 aromatic rings. The van der Waals surface area contributed by atoms with Crippen LogP contribution < -0.4 is 5.56 Å². The average molecular weight is 364 g/mol. The van der Waals surface area contributed by atoms with Gasteiger partial charge in [0.05, 0.1) is 16.1 Å². The number of halogens is 5. The van der Waals surface area contributed by atoms with E-state index in [4.69, 9.17) is 0 Å². The van der Waals surface area contributed by atoms with Gasteiger partial charge in [0.1, 0.15) is 5.82 Å². The third-order valence-corrected chi connectivity index (χ3v) is 3.73. The molecule has 1 aromatic carbocycles. The van der Waals surface area contributed by atoms with Gasteiger partial charge < -0.3 is 4.57 Å². The van der Waals surface area contributed by atoms with Crippen molar-refractivity contribution in [2.45, 2.75) is 19.1 Å². The number of hydrogen-bond donors (Lipinski definition) is 0. The zero-order valence-electron chi connectivity index (χ0n) is 10.8. The maximum atomic E-state index is 14.1. The Balaban J connectivity index is 2.57. The highest BCUT2D eigenvalue weighted by Crippen LogP contribution is 2.34. The summed E-state index contributed by atoms with van der Waals surface area (Å²) in [4.78, 5) is 11.9. The largest absolute Gasteiger partial charge is 0.419 e. The number of aromatic nitrogens is 1. The summed E-state index contributed by atoms with van der Waals surface area (Å²) < 4.78 is 53.7. The Morgan fingerprint density at radius 1 is 1.19 bits per heavy atom. The molecule has 0 bridgehead atoms. The van der Waals surface area contributed by atoms with E-state index in [2.05, 4.69) is 15.9 Å². The van der Waals surface area contributed by atoms with Gasteiger partial charge in [0, 0.05) is 11.8 Å². The van der Waals surface area contributed by atoms with Crippen molar-refractivity contribution in [2.24, 2.45) is 0 Å². The number of pyridine rings is 1. The summed E-state index contributed by atoms with van der Waals surface area (Å²) in [6.45, 7) is 1.46. The molecule has 0 amide bonds. The van der Waals surface area contributed by atoms with Crippen LogP contribution >= 0.6 is 15.9 Å². The Morgan fingerprint density at radius 2 is 1.86 bits per heavy atom. The van der Waals surface area contributed by atoms with E-state index in [9.17, 15) is 22.4 Å². The second-order valence-electron chi connectivity index (χ2n) is 4.45. The molecule has 0 unspecified atom stereocenters. The van der Waals surface area contributed by atoms with Crippen LogP contribution in [0, 0.1) is 5.82 Å². The highest BCUT2D eigenvalue weighted by molar-refractivity contribution is 9.10. The number of nitrogens with zero attached hydrogens (tertiary/aromatic N) is 1. The van der Waals surface area contributed by atoms with Gasteiger partial charge in [-0.3, -0.25) is 4.79 Å². The highest BCUT2D eigenvalue weighted by Gasteiger charge is 2.35. The van der Waals surface area contributed by atoms with Crippen LogP contribution in [0.5, 0.6) is 0 Å². The number of rotatable bonds is 2. The standard InChI is InChI=1S/C14H10BrF4NO/c1-8(20-7-3-6-11(15)13(20)21)9-4-2-5-10(12(9)16)14(17,18)19/h2-8H,1H3/t8-/m1/s1. The van der Waals surface area contributed by atoms with Crippen LogP contribution in [0.2, 0.25) is 0 Å². The van der Waals surface area contributed by atoms with Gasteiger partial charge in [0.15, 0.2) is 0 Å². The molecule has 0 saturated carbocycles. The third kappa shape index (κ3) is 3.02. The van der Waals surface area contributed by atoms with Gasteiger partial charge in [-0.2, -0.15) is 13.2 Å². The highest BCUT2D eigenvalue weighted by atomic mass is 79.9. The van der Waals surface area contributed by atoms with E-state index < -0.39 is 29.2 Å². The Kier molecular flexibility index (Phi) is 4.22. The van der Waals surface area contributed by atoms with Gasteiger partial charge >= 0.3 is 6.18 Å². The van der Waals surface area contributed by atoms with Crippen molar-refractivity contribution in [3.63, 3.8) is 0 Å². The van der Waals surface area contributed by atoms with E-state index in [1.165, 1.54) is 29.8 Å². The SMILES string of the molecule is C[C@H](c1cccc(C(F)(F)F)c1F)n1cccc(Br)c1=O. The van der Waals surface area contributed by atoms with Crippen molar-refractivity contribution in [1.82, 2.24) is 4.57 Å². The van der Waals surface area contributed by atoms with E-state index in [0.717, 1.165) is 6.07 Å². The molecule has 1 aromatic heterocycles. The van der Waals surface area contributed by atoms with Crippen molar-refractivity contribution in [1.29, 1.82) is 0 Å². The first-order chi connectivity index (χ1) is 9.73. The van der Waals surface area contributed by atoms with E-state index in [-0.39, 0.29) is 10.0 Å². The molecule has 0 spiro atoms. The van der Waals surface area contributed by atoms with Gasteiger partial charge in [0.25, 0.3) is 5.56 Å². The molecule has 2 nitrogen and oxygen atoms in total. The summed E-state index contributed by atoms with van der Waals surface area (Å²) in [5, 5.41) is 0. The van der Waals surface area contributed by atoms with Gasteiger partial charge in [0.2, 0.25) is 0 Å². The lowest BCUT2D eigenvalue weighted by Crippen LogP contribution is -2.25. The first kappa shape index (κ1) is 15.8. The molecule has 0 aliphatic carbocycles. The second-order valence-corrected chi connectivity index (χ2v) is 5.31. The van der Waals surface area contributed by atoms with Gasteiger partial charge in [-0.05, 0) is 41.1 Å². The Hall–Kier alpha value is -1.63. The van der Waals surface area contributed by atoms with Gasteiger partial charge in [-0.15, -0.1) is 0 Å². The maximum Gasteiger partial charge on any atom is 0.419 e. The van der Waals surface area contributed by atoms with E-state index in [1.54, 1.807) is 6.07 Å². The predicted molar refractivity (Wildman–Crippen MR) is 73.6 cm³/mol. The smallest absolute Gasteiger partial charge is 0.307 e. The van der Waals surface area contributed by atoms with Crippen LogP contribution in [0.4, 0.5) is 17.6 Å². The lowest BCUT2D eigenvalue weighted by atomic mass is 10.0. The molecule has 112 valence electrons. The molecule has 1 heterocycles. The normalized spacial score (nSPS) is 13.2. The molecule has 0 saturated heterocycles. The molecule has 2 rings (SSSR count). The fourth-order valence-electron chi connectivity index (χ4n) is 2.03. The molecule has 0 fully saturated rings. The maximum absolute atomic E-state index is 14.1. The topological polar surface area (TPSA) is 22.0 Å². The van der Waals surface area contributed by atoms with E-state index in [1.807, 2.05) is 0 Å². The lowest BCUT2D eigenvalue weighted by Gasteiger charge is -2.18. The molecular formula is C14H10BrF4NO. The molecule has 1 atom stereocenters. The number of benzene rings is 1. The van der Waals surface area contributed by atoms with Crippen molar-refractivity contribution in [3.05, 3.63) is 68.3 Å². The Labute approximate surface area is 126 Å². The minimum atomic E-state index is -4.78. The van der Waals surface area contributed by atoms with Crippen molar-refractivity contribution in [3.8, 4) is 0 Å². The summed E-state index contributed by atoms with van der Waals surface area (Å²) in [6.07, 6.45) is -3.38. The van der Waals surface area contributed by atoms with Crippen LogP contribution in [0.3, 0.4) is 0 Å². The summed E-state index contributed by atoms with van der Waals surface area (Å²) in [7, 11) is 0. The van der Waals surface area contributed by atoms with Crippen LogP contribution in [0.1, 0.15) is 24.1 Å². The van der Waals surface area contributed by atoms with Crippen LogP contribution in [0.15, 0.2) is 45.8 Å². The van der Waals surface area contributed by atoms with E-state index >= 15 is 0 Å². The van der Waals surface area contributed by atoms with E-state index in [0.29, 0.717) is 6.07 Å². The van der Waals surface area contributed by atoms with Crippen LogP contribution in [0.25, 0.3) is 0 Å². The molecule has 0 aliphatic rings. The second kappa shape index (κ2) is 5.63. The van der Waals surface area contributed by atoms with Gasteiger partial charge in [-0.1, -0.05) is 12.1 Å².